The van der Waals surface area contributed by atoms with E-state index < -0.39 is 5.24 Å². The summed E-state index contributed by atoms with van der Waals surface area (Å²) in [4.78, 5) is 10.7. The zero-order valence-corrected chi connectivity index (χ0v) is 9.49. The molecule has 0 bridgehead atoms. The molecule has 0 radical (unpaired) electrons. The fraction of sp³-hybridized carbons (Fsp3) is 0.125. The van der Waals surface area contributed by atoms with Crippen LogP contribution in [-0.4, -0.2) is 5.24 Å². The maximum atomic E-state index is 10.7. The van der Waals surface area contributed by atoms with Crippen LogP contribution >= 0.6 is 35.1 Å². The minimum atomic E-state index is -0.496. The van der Waals surface area contributed by atoms with Crippen molar-refractivity contribution in [2.45, 2.75) is 6.42 Å². The Kier molecular flexibility index (Phi) is 3.04. The Bertz CT molecular complexity index is 531. The molecular weight excluding hydrogens is 263 g/mol. The van der Waals surface area contributed by atoms with E-state index in [1.54, 1.807) is 12.1 Å². The first-order valence-corrected chi connectivity index (χ1v) is 5.27. The topological polar surface area (TPSA) is 56.5 Å². The Morgan fingerprint density at radius 1 is 1.40 bits per heavy atom. The smallest absolute Gasteiger partial charge is 0.288 e. The molecule has 7 heteroatoms. The van der Waals surface area contributed by atoms with Crippen molar-refractivity contribution in [2.75, 3.05) is 0 Å². The van der Waals surface area contributed by atoms with Crippen LogP contribution in [0.25, 0.3) is 11.2 Å². The number of halogens is 2. The number of rotatable bonds is 2. The molecule has 0 unspecified atom stereocenters. The van der Waals surface area contributed by atoms with E-state index in [-0.39, 0.29) is 6.42 Å². The minimum absolute atomic E-state index is 0.0319. The van der Waals surface area contributed by atoms with E-state index >= 15 is 0 Å². The van der Waals surface area contributed by atoms with Gasteiger partial charge in [0.1, 0.15) is 0 Å². The highest BCUT2D eigenvalue weighted by molar-refractivity contribution is 6.93. The van der Waals surface area contributed by atoms with Gasteiger partial charge in [0.05, 0.1) is 0 Å². The van der Waals surface area contributed by atoms with Crippen molar-refractivity contribution in [3.05, 3.63) is 22.7 Å². The first-order chi connectivity index (χ1) is 7.16. The Morgan fingerprint density at radius 2 is 2.20 bits per heavy atom. The fourth-order valence-corrected chi connectivity index (χ4v) is 1.79. The lowest BCUT2D eigenvalue weighted by molar-refractivity contribution is -0.111. The molecule has 1 aromatic heterocycles. The van der Waals surface area contributed by atoms with E-state index in [1.807, 2.05) is 0 Å². The summed E-state index contributed by atoms with van der Waals surface area (Å²) in [6.45, 7) is 0. The van der Waals surface area contributed by atoms with Crippen molar-refractivity contribution in [3.63, 3.8) is 0 Å². The molecule has 80 valence electrons. The molecule has 2 rings (SSSR count). The van der Waals surface area contributed by atoms with Gasteiger partial charge in [0, 0.05) is 17.5 Å². The quantitative estimate of drug-likeness (QED) is 0.614. The zero-order chi connectivity index (χ0) is 10.8. The summed E-state index contributed by atoms with van der Waals surface area (Å²) in [5, 5.41) is -0.0993. The van der Waals surface area contributed by atoms with Crippen LogP contribution in [0.4, 0.5) is 0 Å². The van der Waals surface area contributed by atoms with Crippen LogP contribution in [0, 0.1) is 0 Å². The molecule has 0 amide bonds. The average Bonchev–Trinajstić information content (AvgIpc) is 2.18. The number of carbonyl (C=O) groups excluding carboxylic acids is 1. The highest BCUT2D eigenvalue weighted by Gasteiger charge is 2.09. The third kappa shape index (κ3) is 2.37. The standard InChI is InChI=1S/C8H4Cl2O4S/c9-5-3-7-6(12-14-15-13-7)1-4(5)2-8(10)11/h1,3H,2H2. The predicted molar refractivity (Wildman–Crippen MR) is 55.8 cm³/mol. The normalized spacial score (nSPS) is 10.5. The van der Waals surface area contributed by atoms with Crippen LogP contribution in [-0.2, 0) is 11.2 Å². The van der Waals surface area contributed by atoms with Gasteiger partial charge in [-0.3, -0.25) is 9.37 Å². The van der Waals surface area contributed by atoms with E-state index in [1.165, 1.54) is 0 Å². The van der Waals surface area contributed by atoms with Gasteiger partial charge in [-0.2, -0.15) is 4.01 Å². The van der Waals surface area contributed by atoms with Gasteiger partial charge in [0.2, 0.25) is 10.8 Å². The van der Waals surface area contributed by atoms with Crippen molar-refractivity contribution >= 4 is 51.5 Å². The summed E-state index contributed by atoms with van der Waals surface area (Å²) in [6, 6.07) is 3.10. The van der Waals surface area contributed by atoms with E-state index in [0.717, 1.165) is 0 Å². The molecule has 0 aliphatic rings. The predicted octanol–water partition coefficient (Wildman–Crippen LogP) is 3.77. The SMILES string of the molecule is O=C(Cl)Cc1cc2oosoc2cc1Cl. The van der Waals surface area contributed by atoms with Gasteiger partial charge in [-0.25, -0.2) is 0 Å². The summed E-state index contributed by atoms with van der Waals surface area (Å²) in [6.07, 6.45) is 0.0319. The molecule has 1 aromatic carbocycles. The van der Waals surface area contributed by atoms with Crippen molar-refractivity contribution in [1.82, 2.24) is 0 Å². The highest BCUT2D eigenvalue weighted by Crippen LogP contribution is 2.25. The molecule has 0 atom stereocenters. The molecule has 0 saturated carbocycles. The van der Waals surface area contributed by atoms with Gasteiger partial charge in [0.15, 0.2) is 5.58 Å². The van der Waals surface area contributed by atoms with Gasteiger partial charge in [-0.1, -0.05) is 11.6 Å². The first kappa shape index (κ1) is 10.6. The van der Waals surface area contributed by atoms with Crippen molar-refractivity contribution in [2.24, 2.45) is 0 Å². The van der Waals surface area contributed by atoms with Crippen molar-refractivity contribution < 1.29 is 17.2 Å². The fourth-order valence-electron chi connectivity index (χ4n) is 1.09. The van der Waals surface area contributed by atoms with Gasteiger partial charge in [-0.05, 0) is 23.2 Å². The number of fused-ring (bicyclic) bond motifs is 1. The van der Waals surface area contributed by atoms with Crippen molar-refractivity contribution in [1.29, 1.82) is 0 Å². The summed E-state index contributed by atoms with van der Waals surface area (Å²) in [5.41, 5.74) is 1.38. The van der Waals surface area contributed by atoms with Gasteiger partial charge >= 0.3 is 0 Å². The Labute approximate surface area is 98.0 Å². The van der Waals surface area contributed by atoms with E-state index in [0.29, 0.717) is 33.7 Å². The molecule has 0 aliphatic heterocycles. The number of hydrogen-bond acceptors (Lipinski definition) is 5. The second kappa shape index (κ2) is 4.30. The third-order valence-electron chi connectivity index (χ3n) is 1.72. The Morgan fingerprint density at radius 3 is 2.93 bits per heavy atom. The molecular formula is C8H4Cl2O4S. The van der Waals surface area contributed by atoms with Gasteiger partial charge in [-0.15, -0.1) is 0 Å². The lowest BCUT2D eigenvalue weighted by Crippen LogP contribution is -1.94. The summed E-state index contributed by atoms with van der Waals surface area (Å²) < 4.78 is 14.4. The largest absolute Gasteiger partial charge is 0.366 e. The molecule has 15 heavy (non-hydrogen) atoms. The molecule has 0 fully saturated rings. The maximum Gasteiger partial charge on any atom is 0.288 e. The van der Waals surface area contributed by atoms with E-state index in [2.05, 4.69) is 4.01 Å². The molecule has 4 nitrogen and oxygen atoms in total. The third-order valence-corrected chi connectivity index (χ3v) is 2.57. The lowest BCUT2D eigenvalue weighted by Gasteiger charge is -2.00. The van der Waals surface area contributed by atoms with E-state index in [4.69, 9.17) is 31.6 Å². The van der Waals surface area contributed by atoms with E-state index in [9.17, 15) is 4.79 Å². The minimum Gasteiger partial charge on any atom is -0.366 e. The maximum absolute atomic E-state index is 10.7. The molecule has 2 aromatic rings. The summed E-state index contributed by atoms with van der Waals surface area (Å²) in [7, 11) is 0. The zero-order valence-electron chi connectivity index (χ0n) is 7.16. The average molecular weight is 267 g/mol. The Hall–Kier alpha value is -0.910. The second-order valence-corrected chi connectivity index (χ2v) is 3.99. The first-order valence-electron chi connectivity index (χ1n) is 3.85. The summed E-state index contributed by atoms with van der Waals surface area (Å²) in [5.74, 6) is 0. The number of carbonyl (C=O) groups is 1. The monoisotopic (exact) mass is 266 g/mol. The summed E-state index contributed by atoms with van der Waals surface area (Å²) >= 11 is 11.9. The van der Waals surface area contributed by atoms with Crippen LogP contribution in [0.3, 0.4) is 0 Å². The number of hydrogen-bond donors (Lipinski definition) is 0. The van der Waals surface area contributed by atoms with Gasteiger partial charge in [0.25, 0.3) is 11.9 Å². The van der Waals surface area contributed by atoms with Crippen LogP contribution < -0.4 is 0 Å². The molecule has 0 spiro atoms. The molecule has 0 N–H and O–H groups in total. The molecule has 0 aliphatic carbocycles. The Balaban J connectivity index is 2.56. The lowest BCUT2D eigenvalue weighted by atomic mass is 10.1. The molecule has 1 heterocycles. The second-order valence-electron chi connectivity index (χ2n) is 2.72. The van der Waals surface area contributed by atoms with Gasteiger partial charge < -0.3 is 3.85 Å². The van der Waals surface area contributed by atoms with Crippen LogP contribution in [0.5, 0.6) is 0 Å². The van der Waals surface area contributed by atoms with Crippen LogP contribution in [0.15, 0.2) is 24.6 Å². The molecule has 0 saturated heterocycles. The van der Waals surface area contributed by atoms with Crippen molar-refractivity contribution in [3.8, 4) is 0 Å². The highest BCUT2D eigenvalue weighted by atomic mass is 35.5. The van der Waals surface area contributed by atoms with Crippen LogP contribution in [0.2, 0.25) is 5.02 Å². The number of benzene rings is 1. The van der Waals surface area contributed by atoms with Crippen LogP contribution in [0.1, 0.15) is 5.56 Å².